The van der Waals surface area contributed by atoms with E-state index in [1.807, 2.05) is 30.3 Å². The summed E-state index contributed by atoms with van der Waals surface area (Å²) in [5.41, 5.74) is 7.22. The first kappa shape index (κ1) is 10.4. The van der Waals surface area contributed by atoms with Gasteiger partial charge in [-0.1, -0.05) is 30.3 Å². The molecule has 1 aromatic carbocycles. The van der Waals surface area contributed by atoms with Crippen molar-refractivity contribution in [2.24, 2.45) is 5.73 Å². The van der Waals surface area contributed by atoms with E-state index in [-0.39, 0.29) is 5.69 Å². The van der Waals surface area contributed by atoms with Crippen LogP contribution in [0.2, 0.25) is 0 Å². The molecular weight excluding hydrogens is 204 g/mol. The summed E-state index contributed by atoms with van der Waals surface area (Å²) in [6.07, 6.45) is 1.46. The van der Waals surface area contributed by atoms with Gasteiger partial charge in [-0.05, 0) is 18.4 Å². The number of primary amides is 1. The molecule has 1 aromatic heterocycles. The van der Waals surface area contributed by atoms with Crippen LogP contribution < -0.4 is 5.73 Å². The summed E-state index contributed by atoms with van der Waals surface area (Å²) >= 11 is 0. The molecule has 5 heteroatoms. The summed E-state index contributed by atoms with van der Waals surface area (Å²) in [7, 11) is 0. The Bertz CT molecular complexity index is 478. The number of nitrogens with one attached hydrogen (secondary N) is 1. The van der Waals surface area contributed by atoms with Crippen LogP contribution in [0.5, 0.6) is 0 Å². The molecule has 0 aliphatic heterocycles. The van der Waals surface area contributed by atoms with Crippen LogP contribution in [0, 0.1) is 0 Å². The fraction of sp³-hybridized carbons (Fsp3) is 0.182. The second-order valence-corrected chi connectivity index (χ2v) is 3.47. The zero-order valence-electron chi connectivity index (χ0n) is 8.68. The Morgan fingerprint density at radius 1 is 1.19 bits per heavy atom. The smallest absolute Gasteiger partial charge is 0.271 e. The Labute approximate surface area is 92.7 Å². The fourth-order valence-corrected chi connectivity index (χ4v) is 1.53. The second kappa shape index (κ2) is 4.57. The number of carbonyl (C=O) groups is 1. The van der Waals surface area contributed by atoms with Crippen LogP contribution in [0.4, 0.5) is 0 Å². The van der Waals surface area contributed by atoms with Gasteiger partial charge >= 0.3 is 0 Å². The molecule has 0 bridgehead atoms. The molecule has 16 heavy (non-hydrogen) atoms. The van der Waals surface area contributed by atoms with Gasteiger partial charge in [0.05, 0.1) is 5.69 Å². The molecule has 0 aliphatic carbocycles. The number of nitrogens with two attached hydrogens (primary N) is 1. The quantitative estimate of drug-likeness (QED) is 0.788. The van der Waals surface area contributed by atoms with Crippen molar-refractivity contribution in [1.82, 2.24) is 15.4 Å². The summed E-state index contributed by atoms with van der Waals surface area (Å²) in [6.45, 7) is 0. The van der Waals surface area contributed by atoms with Gasteiger partial charge in [0.2, 0.25) is 0 Å². The molecule has 0 aliphatic rings. The van der Waals surface area contributed by atoms with Crippen LogP contribution in [0.25, 0.3) is 0 Å². The number of aryl methyl sites for hydroxylation is 2. The number of H-pyrrole nitrogens is 1. The van der Waals surface area contributed by atoms with E-state index < -0.39 is 5.91 Å². The minimum Gasteiger partial charge on any atom is -0.364 e. The molecule has 0 atom stereocenters. The summed E-state index contributed by atoms with van der Waals surface area (Å²) in [5.74, 6) is -0.545. The van der Waals surface area contributed by atoms with E-state index in [1.54, 1.807) is 0 Å². The number of hydrogen-bond acceptors (Lipinski definition) is 3. The molecule has 0 saturated carbocycles. The lowest BCUT2D eigenvalue weighted by atomic mass is 10.1. The van der Waals surface area contributed by atoms with Crippen molar-refractivity contribution in [2.75, 3.05) is 0 Å². The molecule has 2 rings (SSSR count). The van der Waals surface area contributed by atoms with Crippen LogP contribution in [0.15, 0.2) is 30.3 Å². The van der Waals surface area contributed by atoms with Crippen LogP contribution in [0.1, 0.15) is 21.7 Å². The Morgan fingerprint density at radius 2 is 1.94 bits per heavy atom. The van der Waals surface area contributed by atoms with E-state index in [0.717, 1.165) is 6.42 Å². The maximum absolute atomic E-state index is 11.0. The SMILES string of the molecule is NC(=O)c1n[nH]nc1CCc1ccccc1. The maximum Gasteiger partial charge on any atom is 0.271 e. The molecule has 0 saturated heterocycles. The van der Waals surface area contributed by atoms with E-state index >= 15 is 0 Å². The summed E-state index contributed by atoms with van der Waals surface area (Å²) < 4.78 is 0. The van der Waals surface area contributed by atoms with Gasteiger partial charge in [-0.2, -0.15) is 15.4 Å². The van der Waals surface area contributed by atoms with Crippen LogP contribution in [-0.4, -0.2) is 21.3 Å². The third kappa shape index (κ3) is 2.25. The molecule has 5 nitrogen and oxygen atoms in total. The summed E-state index contributed by atoms with van der Waals surface area (Å²) in [4.78, 5) is 11.0. The van der Waals surface area contributed by atoms with E-state index in [9.17, 15) is 4.79 Å². The molecular formula is C11H12N4O. The lowest BCUT2D eigenvalue weighted by molar-refractivity contribution is 0.0994. The molecule has 1 amide bonds. The predicted molar refractivity (Wildman–Crippen MR) is 58.8 cm³/mol. The summed E-state index contributed by atoms with van der Waals surface area (Å²) in [5, 5.41) is 10.0. The number of benzene rings is 1. The van der Waals surface area contributed by atoms with Gasteiger partial charge in [-0.3, -0.25) is 4.79 Å². The van der Waals surface area contributed by atoms with Gasteiger partial charge in [0.25, 0.3) is 5.91 Å². The van der Waals surface area contributed by atoms with Crippen molar-refractivity contribution in [3.63, 3.8) is 0 Å². The zero-order valence-corrected chi connectivity index (χ0v) is 8.68. The van der Waals surface area contributed by atoms with Gasteiger partial charge < -0.3 is 5.73 Å². The number of carbonyl (C=O) groups excluding carboxylic acids is 1. The lowest BCUT2D eigenvalue weighted by Crippen LogP contribution is -2.14. The predicted octanol–water partition coefficient (Wildman–Crippen LogP) is 0.689. The van der Waals surface area contributed by atoms with E-state index in [2.05, 4.69) is 15.4 Å². The van der Waals surface area contributed by atoms with Crippen LogP contribution >= 0.6 is 0 Å². The topological polar surface area (TPSA) is 84.7 Å². The lowest BCUT2D eigenvalue weighted by Gasteiger charge is -1.99. The normalized spacial score (nSPS) is 10.2. The molecule has 2 aromatic rings. The van der Waals surface area contributed by atoms with Gasteiger partial charge in [0.15, 0.2) is 5.69 Å². The molecule has 82 valence electrons. The molecule has 3 N–H and O–H groups in total. The monoisotopic (exact) mass is 216 g/mol. The Morgan fingerprint density at radius 3 is 2.62 bits per heavy atom. The fourth-order valence-electron chi connectivity index (χ4n) is 1.53. The molecule has 1 heterocycles. The largest absolute Gasteiger partial charge is 0.364 e. The zero-order chi connectivity index (χ0) is 11.4. The molecule has 0 radical (unpaired) electrons. The van der Waals surface area contributed by atoms with Crippen molar-refractivity contribution in [3.05, 3.63) is 47.3 Å². The van der Waals surface area contributed by atoms with Crippen molar-refractivity contribution < 1.29 is 4.79 Å². The van der Waals surface area contributed by atoms with Gasteiger partial charge in [0.1, 0.15) is 0 Å². The Balaban J connectivity index is 2.05. The number of rotatable bonds is 4. The van der Waals surface area contributed by atoms with Gasteiger partial charge in [0, 0.05) is 0 Å². The highest BCUT2D eigenvalue weighted by Gasteiger charge is 2.12. The first-order valence-electron chi connectivity index (χ1n) is 5.01. The molecule has 0 spiro atoms. The van der Waals surface area contributed by atoms with Gasteiger partial charge in [-0.25, -0.2) is 0 Å². The average molecular weight is 216 g/mol. The minimum absolute atomic E-state index is 0.232. The number of amides is 1. The maximum atomic E-state index is 11.0. The van der Waals surface area contributed by atoms with Crippen molar-refractivity contribution >= 4 is 5.91 Å². The van der Waals surface area contributed by atoms with E-state index in [1.165, 1.54) is 5.56 Å². The average Bonchev–Trinajstić information content (AvgIpc) is 2.76. The number of hydrogen-bond donors (Lipinski definition) is 2. The van der Waals surface area contributed by atoms with Crippen molar-refractivity contribution in [3.8, 4) is 0 Å². The highest BCUT2D eigenvalue weighted by molar-refractivity contribution is 5.91. The molecule has 0 unspecified atom stereocenters. The highest BCUT2D eigenvalue weighted by Crippen LogP contribution is 2.07. The Kier molecular flexibility index (Phi) is 2.95. The van der Waals surface area contributed by atoms with Gasteiger partial charge in [-0.15, -0.1) is 0 Å². The van der Waals surface area contributed by atoms with Crippen LogP contribution in [-0.2, 0) is 12.8 Å². The third-order valence-electron chi connectivity index (χ3n) is 2.35. The van der Waals surface area contributed by atoms with Crippen LogP contribution in [0.3, 0.4) is 0 Å². The molecule has 0 fully saturated rings. The Hall–Kier alpha value is -2.17. The number of aromatic nitrogens is 3. The van der Waals surface area contributed by atoms with E-state index in [4.69, 9.17) is 5.73 Å². The number of nitrogens with zero attached hydrogens (tertiary/aromatic N) is 2. The van der Waals surface area contributed by atoms with Crippen molar-refractivity contribution in [1.29, 1.82) is 0 Å². The van der Waals surface area contributed by atoms with Crippen molar-refractivity contribution in [2.45, 2.75) is 12.8 Å². The second-order valence-electron chi connectivity index (χ2n) is 3.47. The minimum atomic E-state index is -0.545. The first-order valence-corrected chi connectivity index (χ1v) is 5.01. The third-order valence-corrected chi connectivity index (χ3v) is 2.35. The van der Waals surface area contributed by atoms with E-state index in [0.29, 0.717) is 12.1 Å². The number of aromatic amines is 1. The summed E-state index contributed by atoms with van der Waals surface area (Å²) in [6, 6.07) is 9.99. The first-order chi connectivity index (χ1) is 7.77. The highest BCUT2D eigenvalue weighted by atomic mass is 16.1. The standard InChI is InChI=1S/C11H12N4O/c12-11(16)10-9(13-15-14-10)7-6-8-4-2-1-3-5-8/h1-5H,6-7H2,(H2,12,16)(H,13,14,15).